The van der Waals surface area contributed by atoms with E-state index in [1.165, 1.54) is 32.1 Å². The predicted octanol–water partition coefficient (Wildman–Crippen LogP) is 2.26. The van der Waals surface area contributed by atoms with Crippen molar-refractivity contribution >= 4 is 6.03 Å². The number of nitrogens with one attached hydrogen (secondary N) is 2. The Morgan fingerprint density at radius 3 is 2.23 bits per heavy atom. The van der Waals surface area contributed by atoms with E-state index >= 15 is 0 Å². The summed E-state index contributed by atoms with van der Waals surface area (Å²) in [5.74, 6) is 0. The molecule has 1 saturated carbocycles. The lowest BCUT2D eigenvalue weighted by Gasteiger charge is -2.34. The van der Waals surface area contributed by atoms with E-state index in [1.54, 1.807) is 0 Å². The lowest BCUT2D eigenvalue weighted by atomic mass is 9.96. The van der Waals surface area contributed by atoms with Crippen molar-refractivity contribution in [2.24, 2.45) is 0 Å². The van der Waals surface area contributed by atoms with Gasteiger partial charge in [-0.05, 0) is 38.5 Å². The van der Waals surface area contributed by atoms with Crippen molar-refractivity contribution in [1.29, 1.82) is 0 Å². The molecule has 5 nitrogen and oxygen atoms in total. The van der Waals surface area contributed by atoms with Crippen LogP contribution in [0.25, 0.3) is 0 Å². The Hall–Kier alpha value is -0.810. The fourth-order valence-electron chi connectivity index (χ4n) is 4.00. The standard InChI is InChI=1S/C17H31N3O2/c21-17(18-14-5-2-1-3-6-14)19-15-8-10-20(11-9-15)13-16-7-4-12-22-16/h14-16H,1-13H2,(H2,18,19,21)/t16-/m0/s1. The Bertz CT molecular complexity index is 344. The van der Waals surface area contributed by atoms with Crippen LogP contribution in [0.1, 0.15) is 57.8 Å². The second-order valence-electron chi connectivity index (χ2n) is 7.16. The predicted molar refractivity (Wildman–Crippen MR) is 87.0 cm³/mol. The molecule has 3 rings (SSSR count). The number of likely N-dealkylation sites (tertiary alicyclic amines) is 1. The number of hydrogen-bond acceptors (Lipinski definition) is 3. The van der Waals surface area contributed by atoms with Crippen LogP contribution < -0.4 is 10.6 Å². The maximum absolute atomic E-state index is 12.1. The summed E-state index contributed by atoms with van der Waals surface area (Å²) >= 11 is 0. The van der Waals surface area contributed by atoms with Crippen molar-refractivity contribution in [2.75, 3.05) is 26.2 Å². The first-order chi connectivity index (χ1) is 10.8. The SMILES string of the molecule is O=C(NC1CCCCC1)NC1CCN(C[C@@H]2CCCO2)CC1. The van der Waals surface area contributed by atoms with E-state index in [0.717, 1.165) is 51.9 Å². The fraction of sp³-hybridized carbons (Fsp3) is 0.941. The van der Waals surface area contributed by atoms with Gasteiger partial charge in [0.15, 0.2) is 0 Å². The van der Waals surface area contributed by atoms with Crippen molar-refractivity contribution in [3.63, 3.8) is 0 Å². The smallest absolute Gasteiger partial charge is 0.315 e. The van der Waals surface area contributed by atoms with E-state index in [4.69, 9.17) is 4.74 Å². The molecule has 2 saturated heterocycles. The van der Waals surface area contributed by atoms with E-state index in [2.05, 4.69) is 15.5 Å². The van der Waals surface area contributed by atoms with Crippen molar-refractivity contribution in [2.45, 2.75) is 76.0 Å². The van der Waals surface area contributed by atoms with Crippen LogP contribution in [0.3, 0.4) is 0 Å². The molecule has 5 heteroatoms. The summed E-state index contributed by atoms with van der Waals surface area (Å²) in [7, 11) is 0. The number of carbonyl (C=O) groups is 1. The number of nitrogens with zero attached hydrogens (tertiary/aromatic N) is 1. The summed E-state index contributed by atoms with van der Waals surface area (Å²) < 4.78 is 5.71. The van der Waals surface area contributed by atoms with Gasteiger partial charge in [0.25, 0.3) is 0 Å². The molecule has 0 aromatic carbocycles. The van der Waals surface area contributed by atoms with E-state index in [9.17, 15) is 4.79 Å². The van der Waals surface area contributed by atoms with Gasteiger partial charge in [-0.25, -0.2) is 4.79 Å². The summed E-state index contributed by atoms with van der Waals surface area (Å²) in [4.78, 5) is 14.6. The molecule has 1 aliphatic carbocycles. The molecule has 2 aliphatic heterocycles. The summed E-state index contributed by atoms with van der Waals surface area (Å²) in [6, 6.07) is 0.780. The first kappa shape index (κ1) is 16.1. The molecule has 3 aliphatic rings. The molecular formula is C17H31N3O2. The largest absolute Gasteiger partial charge is 0.377 e. The Kier molecular flexibility index (Phi) is 5.96. The average Bonchev–Trinajstić information content (AvgIpc) is 3.03. The van der Waals surface area contributed by atoms with Gasteiger partial charge in [0.2, 0.25) is 0 Å². The van der Waals surface area contributed by atoms with Gasteiger partial charge < -0.3 is 20.3 Å². The van der Waals surface area contributed by atoms with Crippen molar-refractivity contribution in [1.82, 2.24) is 15.5 Å². The number of piperidine rings is 1. The maximum Gasteiger partial charge on any atom is 0.315 e. The number of rotatable bonds is 4. The molecule has 1 atom stereocenters. The second kappa shape index (κ2) is 8.16. The molecule has 2 N–H and O–H groups in total. The Balaban J connectivity index is 1.31. The summed E-state index contributed by atoms with van der Waals surface area (Å²) in [6.45, 7) is 4.16. The minimum absolute atomic E-state index is 0.0458. The second-order valence-corrected chi connectivity index (χ2v) is 7.16. The van der Waals surface area contributed by atoms with Gasteiger partial charge in [0.05, 0.1) is 6.10 Å². The van der Waals surface area contributed by atoms with Crippen LogP contribution in [0, 0.1) is 0 Å². The first-order valence-electron chi connectivity index (χ1n) is 9.20. The average molecular weight is 309 g/mol. The molecule has 0 aromatic heterocycles. The van der Waals surface area contributed by atoms with Gasteiger partial charge in [0, 0.05) is 38.3 Å². The van der Waals surface area contributed by atoms with Crippen molar-refractivity contribution in [3.05, 3.63) is 0 Å². The van der Waals surface area contributed by atoms with Crippen molar-refractivity contribution < 1.29 is 9.53 Å². The molecule has 0 aromatic rings. The Morgan fingerprint density at radius 1 is 0.909 bits per heavy atom. The molecule has 2 amide bonds. The highest BCUT2D eigenvalue weighted by molar-refractivity contribution is 5.74. The van der Waals surface area contributed by atoms with Crippen LogP contribution in [0.15, 0.2) is 0 Å². The normalized spacial score (nSPS) is 28.6. The van der Waals surface area contributed by atoms with Crippen LogP contribution in [0.4, 0.5) is 4.79 Å². The van der Waals surface area contributed by atoms with E-state index in [0.29, 0.717) is 18.2 Å². The number of hydrogen-bond donors (Lipinski definition) is 2. The number of amides is 2. The minimum Gasteiger partial charge on any atom is -0.377 e. The Labute approximate surface area is 134 Å². The Morgan fingerprint density at radius 2 is 1.59 bits per heavy atom. The van der Waals surface area contributed by atoms with E-state index < -0.39 is 0 Å². The highest BCUT2D eigenvalue weighted by Crippen LogP contribution is 2.18. The monoisotopic (exact) mass is 309 g/mol. The third kappa shape index (κ3) is 4.85. The van der Waals surface area contributed by atoms with Gasteiger partial charge in [-0.15, -0.1) is 0 Å². The molecular weight excluding hydrogens is 278 g/mol. The van der Waals surface area contributed by atoms with Crippen molar-refractivity contribution in [3.8, 4) is 0 Å². The minimum atomic E-state index is 0.0458. The molecule has 0 radical (unpaired) electrons. The first-order valence-corrected chi connectivity index (χ1v) is 9.20. The topological polar surface area (TPSA) is 53.6 Å². The van der Waals surface area contributed by atoms with E-state index in [1.807, 2.05) is 0 Å². The number of carbonyl (C=O) groups excluding carboxylic acids is 1. The highest BCUT2D eigenvalue weighted by atomic mass is 16.5. The van der Waals surface area contributed by atoms with Gasteiger partial charge in [-0.1, -0.05) is 19.3 Å². The zero-order valence-electron chi connectivity index (χ0n) is 13.7. The summed E-state index contributed by atoms with van der Waals surface area (Å²) in [6.07, 6.45) is 11.1. The molecule has 0 spiro atoms. The summed E-state index contributed by atoms with van der Waals surface area (Å²) in [5, 5.41) is 6.32. The van der Waals surface area contributed by atoms with Crippen LogP contribution in [0.2, 0.25) is 0 Å². The molecule has 126 valence electrons. The molecule has 3 fully saturated rings. The quantitative estimate of drug-likeness (QED) is 0.837. The lowest BCUT2D eigenvalue weighted by Crippen LogP contribution is -2.51. The lowest BCUT2D eigenvalue weighted by molar-refractivity contribution is 0.0632. The third-order valence-corrected chi connectivity index (χ3v) is 5.35. The number of ether oxygens (including phenoxy) is 1. The maximum atomic E-state index is 12.1. The highest BCUT2D eigenvalue weighted by Gasteiger charge is 2.25. The van der Waals surface area contributed by atoms with E-state index in [-0.39, 0.29) is 6.03 Å². The van der Waals surface area contributed by atoms with Crippen LogP contribution in [0.5, 0.6) is 0 Å². The van der Waals surface area contributed by atoms with Crippen LogP contribution in [-0.4, -0.2) is 55.4 Å². The number of urea groups is 1. The zero-order chi connectivity index (χ0) is 15.2. The van der Waals surface area contributed by atoms with Gasteiger partial charge in [-0.2, -0.15) is 0 Å². The van der Waals surface area contributed by atoms with Crippen LogP contribution in [-0.2, 0) is 4.74 Å². The molecule has 22 heavy (non-hydrogen) atoms. The molecule has 0 bridgehead atoms. The van der Waals surface area contributed by atoms with Gasteiger partial charge in [-0.3, -0.25) is 0 Å². The zero-order valence-corrected chi connectivity index (χ0v) is 13.7. The van der Waals surface area contributed by atoms with Gasteiger partial charge in [0.1, 0.15) is 0 Å². The third-order valence-electron chi connectivity index (χ3n) is 5.35. The molecule has 0 unspecified atom stereocenters. The fourth-order valence-corrected chi connectivity index (χ4v) is 4.00. The summed E-state index contributed by atoms with van der Waals surface area (Å²) in [5.41, 5.74) is 0. The van der Waals surface area contributed by atoms with Gasteiger partial charge >= 0.3 is 6.03 Å². The molecule has 2 heterocycles. The van der Waals surface area contributed by atoms with Crippen LogP contribution >= 0.6 is 0 Å².